The molecule has 0 bridgehead atoms. The number of H-pyrrole nitrogens is 1. The van der Waals surface area contributed by atoms with Crippen molar-refractivity contribution in [2.24, 2.45) is 5.92 Å². The van der Waals surface area contributed by atoms with E-state index in [0.29, 0.717) is 36.0 Å². The highest BCUT2D eigenvalue weighted by Gasteiger charge is 2.34. The van der Waals surface area contributed by atoms with Gasteiger partial charge in [0.1, 0.15) is 17.5 Å². The van der Waals surface area contributed by atoms with Gasteiger partial charge in [0.15, 0.2) is 0 Å². The molecule has 6 nitrogen and oxygen atoms in total. The minimum atomic E-state index is -3.44. The molecule has 1 fully saturated rings. The lowest BCUT2D eigenvalue weighted by Gasteiger charge is -2.36. The SMILES string of the molecule is CCS(=O)(=O)NCC(=O)NCC1CC(c2c(-c3ccc(F)cc3)[nH]c3c(F)cc(F)cc23)C1. The molecule has 0 saturated heterocycles. The third-order valence-electron chi connectivity index (χ3n) is 6.06. The van der Waals surface area contributed by atoms with Crippen LogP contribution in [0, 0.1) is 23.4 Å². The number of rotatable bonds is 8. The number of hydrogen-bond donors (Lipinski definition) is 3. The summed E-state index contributed by atoms with van der Waals surface area (Å²) >= 11 is 0. The number of amides is 1. The predicted molar refractivity (Wildman–Crippen MR) is 120 cm³/mol. The van der Waals surface area contributed by atoms with Crippen LogP contribution < -0.4 is 10.0 Å². The normalized spacial score (nSPS) is 18.3. The summed E-state index contributed by atoms with van der Waals surface area (Å²) in [6.07, 6.45) is 1.36. The van der Waals surface area contributed by atoms with Crippen LogP contribution in [0.15, 0.2) is 36.4 Å². The van der Waals surface area contributed by atoms with Gasteiger partial charge >= 0.3 is 0 Å². The Labute approximate surface area is 189 Å². The zero-order chi connectivity index (χ0) is 23.8. The van der Waals surface area contributed by atoms with Crippen molar-refractivity contribution in [2.75, 3.05) is 18.8 Å². The number of benzene rings is 2. The molecule has 1 saturated carbocycles. The quantitative estimate of drug-likeness (QED) is 0.459. The monoisotopic (exact) mass is 479 g/mol. The Kier molecular flexibility index (Phi) is 6.49. The van der Waals surface area contributed by atoms with Gasteiger partial charge in [0.25, 0.3) is 0 Å². The molecule has 0 aliphatic heterocycles. The van der Waals surface area contributed by atoms with E-state index in [1.165, 1.54) is 25.1 Å². The highest BCUT2D eigenvalue weighted by molar-refractivity contribution is 7.89. The summed E-state index contributed by atoms with van der Waals surface area (Å²) in [6.45, 7) is 1.54. The lowest BCUT2D eigenvalue weighted by atomic mass is 9.70. The van der Waals surface area contributed by atoms with Gasteiger partial charge in [0.2, 0.25) is 15.9 Å². The second kappa shape index (κ2) is 9.18. The summed E-state index contributed by atoms with van der Waals surface area (Å²) in [5, 5.41) is 3.17. The molecule has 4 rings (SSSR count). The van der Waals surface area contributed by atoms with E-state index in [9.17, 15) is 26.4 Å². The molecular formula is C23H24F3N3O3S. The van der Waals surface area contributed by atoms with Crippen LogP contribution in [0.3, 0.4) is 0 Å². The highest BCUT2D eigenvalue weighted by Crippen LogP contribution is 2.48. The summed E-state index contributed by atoms with van der Waals surface area (Å²) in [4.78, 5) is 15.0. The molecule has 3 N–H and O–H groups in total. The van der Waals surface area contributed by atoms with Gasteiger partial charge in [0, 0.05) is 18.0 Å². The van der Waals surface area contributed by atoms with Crippen LogP contribution in [-0.4, -0.2) is 38.2 Å². The van der Waals surface area contributed by atoms with Gasteiger partial charge < -0.3 is 10.3 Å². The number of aromatic nitrogens is 1. The topological polar surface area (TPSA) is 91.1 Å². The fraction of sp³-hybridized carbons (Fsp3) is 0.348. The van der Waals surface area contributed by atoms with E-state index in [2.05, 4.69) is 15.0 Å². The standard InChI is InChI=1S/C23H24F3N3O3S/c1-2-33(31,32)28-12-20(30)27-11-13-7-15(8-13)21-18-9-17(25)10-19(26)23(18)29-22(21)14-3-5-16(24)6-4-14/h3-6,9-10,13,15,28-29H,2,7-8,11-12H2,1H3,(H,27,30). The summed E-state index contributed by atoms with van der Waals surface area (Å²) in [5.41, 5.74) is 2.26. The maximum Gasteiger partial charge on any atom is 0.235 e. The van der Waals surface area contributed by atoms with E-state index in [1.807, 2.05) is 0 Å². The Bertz CT molecular complexity index is 1280. The average Bonchev–Trinajstić information content (AvgIpc) is 3.11. The number of aromatic amines is 1. The van der Waals surface area contributed by atoms with E-state index < -0.39 is 33.4 Å². The predicted octanol–water partition coefficient (Wildman–Crippen LogP) is 3.80. The molecule has 0 unspecified atom stereocenters. The molecule has 0 atom stereocenters. The number of sulfonamides is 1. The zero-order valence-corrected chi connectivity index (χ0v) is 18.7. The van der Waals surface area contributed by atoms with Crippen molar-refractivity contribution in [3.05, 3.63) is 59.4 Å². The summed E-state index contributed by atoms with van der Waals surface area (Å²) in [7, 11) is -3.44. The van der Waals surface area contributed by atoms with Crippen molar-refractivity contribution >= 4 is 26.8 Å². The number of fused-ring (bicyclic) bond motifs is 1. The van der Waals surface area contributed by atoms with Crippen molar-refractivity contribution < 1.29 is 26.4 Å². The first kappa shape index (κ1) is 23.3. The lowest BCUT2D eigenvalue weighted by Crippen LogP contribution is -2.41. The van der Waals surface area contributed by atoms with Crippen LogP contribution in [0.25, 0.3) is 22.2 Å². The van der Waals surface area contributed by atoms with Crippen molar-refractivity contribution in [3.63, 3.8) is 0 Å². The van der Waals surface area contributed by atoms with Crippen molar-refractivity contribution in [2.45, 2.75) is 25.7 Å². The van der Waals surface area contributed by atoms with Crippen LogP contribution in [0.5, 0.6) is 0 Å². The summed E-state index contributed by atoms with van der Waals surface area (Å²) in [5.74, 6) is -2.15. The highest BCUT2D eigenvalue weighted by atomic mass is 32.2. The van der Waals surface area contributed by atoms with Crippen LogP contribution in [0.1, 0.15) is 31.2 Å². The number of halogens is 3. The lowest BCUT2D eigenvalue weighted by molar-refractivity contribution is -0.120. The fourth-order valence-corrected chi connectivity index (χ4v) is 4.80. The Morgan fingerprint density at radius 2 is 1.79 bits per heavy atom. The van der Waals surface area contributed by atoms with E-state index in [1.54, 1.807) is 12.1 Å². The first-order valence-corrected chi connectivity index (χ1v) is 12.3. The second-order valence-corrected chi connectivity index (χ2v) is 10.4. The molecular weight excluding hydrogens is 455 g/mol. The third-order valence-corrected chi connectivity index (χ3v) is 7.41. The first-order valence-electron chi connectivity index (χ1n) is 10.7. The van der Waals surface area contributed by atoms with Crippen molar-refractivity contribution in [1.29, 1.82) is 0 Å². The molecule has 2 aromatic carbocycles. The third kappa shape index (κ3) is 5.06. The number of carbonyl (C=O) groups is 1. The maximum atomic E-state index is 14.4. The minimum Gasteiger partial charge on any atom is -0.355 e. The molecule has 176 valence electrons. The molecule has 0 radical (unpaired) electrons. The summed E-state index contributed by atoms with van der Waals surface area (Å²) in [6, 6.07) is 7.92. The second-order valence-electron chi connectivity index (χ2n) is 8.29. The van der Waals surface area contributed by atoms with Crippen molar-refractivity contribution in [1.82, 2.24) is 15.0 Å². The Morgan fingerprint density at radius 1 is 1.09 bits per heavy atom. The zero-order valence-electron chi connectivity index (χ0n) is 17.9. The van der Waals surface area contributed by atoms with E-state index in [0.717, 1.165) is 11.6 Å². The molecule has 1 aromatic heterocycles. The summed E-state index contributed by atoms with van der Waals surface area (Å²) < 4.78 is 66.9. The number of hydrogen-bond acceptors (Lipinski definition) is 3. The van der Waals surface area contributed by atoms with E-state index >= 15 is 0 Å². The Balaban J connectivity index is 1.49. The van der Waals surface area contributed by atoms with Crippen LogP contribution in [0.4, 0.5) is 13.2 Å². The van der Waals surface area contributed by atoms with Crippen LogP contribution >= 0.6 is 0 Å². The number of nitrogens with one attached hydrogen (secondary N) is 3. The molecule has 3 aromatic rings. The van der Waals surface area contributed by atoms with Gasteiger partial charge in [-0.25, -0.2) is 26.3 Å². The van der Waals surface area contributed by atoms with E-state index in [4.69, 9.17) is 0 Å². The fourth-order valence-electron chi connectivity index (χ4n) is 4.24. The molecule has 1 aliphatic carbocycles. The molecule has 1 heterocycles. The van der Waals surface area contributed by atoms with E-state index in [-0.39, 0.29) is 29.7 Å². The molecule has 33 heavy (non-hydrogen) atoms. The number of carbonyl (C=O) groups excluding carboxylic acids is 1. The smallest absolute Gasteiger partial charge is 0.235 e. The maximum absolute atomic E-state index is 14.4. The molecule has 0 spiro atoms. The largest absolute Gasteiger partial charge is 0.355 e. The van der Waals surface area contributed by atoms with Gasteiger partial charge in [-0.2, -0.15) is 0 Å². The Morgan fingerprint density at radius 3 is 2.45 bits per heavy atom. The van der Waals surface area contributed by atoms with Crippen LogP contribution in [-0.2, 0) is 14.8 Å². The van der Waals surface area contributed by atoms with Gasteiger partial charge in [-0.05, 0) is 73.1 Å². The average molecular weight is 480 g/mol. The van der Waals surface area contributed by atoms with Gasteiger partial charge in [0.05, 0.1) is 23.5 Å². The van der Waals surface area contributed by atoms with Gasteiger partial charge in [-0.1, -0.05) is 0 Å². The van der Waals surface area contributed by atoms with Gasteiger partial charge in [-0.3, -0.25) is 4.79 Å². The Hall–Kier alpha value is -2.85. The van der Waals surface area contributed by atoms with Gasteiger partial charge in [-0.15, -0.1) is 0 Å². The molecule has 10 heteroatoms. The van der Waals surface area contributed by atoms with Crippen molar-refractivity contribution in [3.8, 4) is 11.3 Å². The first-order chi connectivity index (χ1) is 15.7. The molecule has 1 amide bonds. The van der Waals surface area contributed by atoms with Crippen LogP contribution in [0.2, 0.25) is 0 Å². The molecule has 1 aliphatic rings. The minimum absolute atomic E-state index is 0.000462.